The molecule has 272 valence electrons. The summed E-state index contributed by atoms with van der Waals surface area (Å²) >= 11 is 0. The molecule has 0 aliphatic rings. The number of pyridine rings is 2. The van der Waals surface area contributed by atoms with Gasteiger partial charge in [-0.25, -0.2) is 24.8 Å². The number of benzene rings is 2. The summed E-state index contributed by atoms with van der Waals surface area (Å²) in [6.07, 6.45) is 1.96. The van der Waals surface area contributed by atoms with Gasteiger partial charge in [0.1, 0.15) is 17.2 Å². The molecule has 52 heavy (non-hydrogen) atoms. The number of aryl methyl sites for hydroxylation is 1. The van der Waals surface area contributed by atoms with Gasteiger partial charge in [-0.1, -0.05) is 41.7 Å². The molecule has 0 saturated heterocycles. The van der Waals surface area contributed by atoms with Crippen molar-refractivity contribution in [2.45, 2.75) is 65.7 Å². The van der Waals surface area contributed by atoms with Crippen LogP contribution in [0.5, 0.6) is 0 Å². The Bertz CT molecular complexity index is 1950. The molecule has 14 heteroatoms. The lowest BCUT2D eigenvalue weighted by Crippen LogP contribution is -2.46. The van der Waals surface area contributed by atoms with E-state index in [1.807, 2.05) is 60.8 Å². The molecular weight excluding hydrogens is 668 g/mol. The number of hydrogen-bond donors (Lipinski definition) is 5. The number of ether oxygens (including phenoxy) is 2. The Balaban J connectivity index is 0.000000385. The zero-order valence-corrected chi connectivity index (χ0v) is 30.0. The Kier molecular flexibility index (Phi) is 13.8. The van der Waals surface area contributed by atoms with Crippen molar-refractivity contribution in [3.8, 4) is 23.1 Å². The number of rotatable bonds is 7. The fourth-order valence-electron chi connectivity index (χ4n) is 4.19. The normalized spacial score (nSPS) is 11.3. The average molecular weight is 711 g/mol. The maximum atomic E-state index is 13.0. The number of carbonyl (C=O) groups is 5. The maximum absolute atomic E-state index is 13.0. The number of hydrazine groups is 1. The van der Waals surface area contributed by atoms with Crippen LogP contribution in [0.25, 0.3) is 22.2 Å². The lowest BCUT2D eigenvalue weighted by molar-refractivity contribution is -0.140. The second kappa shape index (κ2) is 18.0. The lowest BCUT2D eigenvalue weighted by Gasteiger charge is -2.20. The van der Waals surface area contributed by atoms with Crippen molar-refractivity contribution < 1.29 is 38.6 Å². The van der Waals surface area contributed by atoms with E-state index >= 15 is 0 Å². The van der Waals surface area contributed by atoms with Gasteiger partial charge in [0.25, 0.3) is 5.91 Å². The van der Waals surface area contributed by atoms with Crippen molar-refractivity contribution in [1.29, 1.82) is 0 Å². The number of aliphatic carboxylic acids is 1. The third kappa shape index (κ3) is 13.4. The minimum atomic E-state index is -1.23. The van der Waals surface area contributed by atoms with Crippen molar-refractivity contribution >= 4 is 41.4 Å². The number of fused-ring (bicyclic) bond motifs is 1. The Hall–Kier alpha value is -6.49. The van der Waals surface area contributed by atoms with E-state index in [1.165, 1.54) is 5.56 Å². The van der Waals surface area contributed by atoms with E-state index in [1.54, 1.807) is 66.1 Å². The molecule has 2 aromatic carbocycles. The summed E-state index contributed by atoms with van der Waals surface area (Å²) in [4.78, 5) is 65.5. The lowest BCUT2D eigenvalue weighted by atomic mass is 10.0. The molecule has 5 N–H and O–H groups in total. The number of amides is 4. The number of nitrogens with one attached hydrogen (secondary N) is 4. The smallest absolute Gasteiger partial charge is 0.426 e. The molecule has 4 rings (SSSR count). The first-order valence-corrected chi connectivity index (χ1v) is 16.1. The Morgan fingerprint density at radius 2 is 1.42 bits per heavy atom. The first kappa shape index (κ1) is 39.9. The number of carbonyl (C=O) groups excluding carboxylic acids is 4. The minimum absolute atomic E-state index is 0.233. The molecule has 4 amide bonds. The Morgan fingerprint density at radius 1 is 0.846 bits per heavy atom. The predicted molar refractivity (Wildman–Crippen MR) is 194 cm³/mol. The van der Waals surface area contributed by atoms with Gasteiger partial charge >= 0.3 is 18.2 Å². The number of carboxylic acids is 1. The third-order valence-electron chi connectivity index (χ3n) is 6.53. The summed E-state index contributed by atoms with van der Waals surface area (Å²) in [5, 5.41) is 13.5. The van der Waals surface area contributed by atoms with Crippen LogP contribution in [0.2, 0.25) is 0 Å². The standard InChI is InChI=1S/C29H26N4O3.C9H16N2O5/c1-19-5-7-20(8-6-19)9-10-21-11-13-22(14-12-21)26-17-23(24-18-30-16-15-25(24)31-26)27(34)32-33-28(35)36-29(2,3)4;1-9(2,3)16-8(15)10-4-6(7(13)14)11-5-12/h5-8,11-18H,1-4H3,(H,32,34)(H,33,35);5-6H,4H2,1-3H3,(H,10,15)(H,11,12)(H,13,14). The van der Waals surface area contributed by atoms with Crippen LogP contribution in [0.4, 0.5) is 9.59 Å². The number of nitrogens with zero attached hydrogens (tertiary/aromatic N) is 2. The Morgan fingerprint density at radius 3 is 1.98 bits per heavy atom. The molecule has 1 atom stereocenters. The van der Waals surface area contributed by atoms with Crippen molar-refractivity contribution in [2.75, 3.05) is 6.54 Å². The number of alkyl carbamates (subject to hydrolysis) is 1. The molecule has 0 aliphatic carbocycles. The molecule has 4 aromatic rings. The highest BCUT2D eigenvalue weighted by Gasteiger charge is 2.21. The summed E-state index contributed by atoms with van der Waals surface area (Å²) in [7, 11) is 0. The molecule has 0 fully saturated rings. The van der Waals surface area contributed by atoms with Gasteiger partial charge in [0.15, 0.2) is 0 Å². The van der Waals surface area contributed by atoms with Gasteiger partial charge < -0.3 is 25.2 Å². The van der Waals surface area contributed by atoms with Crippen LogP contribution < -0.4 is 21.5 Å². The maximum Gasteiger partial charge on any atom is 0.426 e. The van der Waals surface area contributed by atoms with E-state index < -0.39 is 41.3 Å². The highest BCUT2D eigenvalue weighted by Crippen LogP contribution is 2.25. The van der Waals surface area contributed by atoms with Crippen LogP contribution in [0, 0.1) is 18.8 Å². The van der Waals surface area contributed by atoms with Crippen molar-refractivity contribution in [1.82, 2.24) is 31.5 Å². The molecule has 0 saturated carbocycles. The molecule has 14 nitrogen and oxygen atoms in total. The quantitative estimate of drug-likeness (QED) is 0.100. The van der Waals surface area contributed by atoms with Crippen LogP contribution in [0.1, 0.15) is 68.6 Å². The SMILES string of the molecule is CC(C)(C)OC(=O)NCC(NC=O)C(=O)O.Cc1ccc(C#Cc2ccc(-c3cc(C(=O)NNC(=O)OC(C)(C)C)c4cnccc4n3)cc2)cc1. The van der Waals surface area contributed by atoms with Crippen LogP contribution >= 0.6 is 0 Å². The van der Waals surface area contributed by atoms with E-state index in [4.69, 9.17) is 19.6 Å². The van der Waals surface area contributed by atoms with E-state index in [9.17, 15) is 24.0 Å². The van der Waals surface area contributed by atoms with Gasteiger partial charge in [-0.15, -0.1) is 0 Å². The van der Waals surface area contributed by atoms with Crippen LogP contribution in [-0.4, -0.2) is 69.3 Å². The second-order valence-electron chi connectivity index (χ2n) is 13.3. The predicted octanol–water partition coefficient (Wildman–Crippen LogP) is 4.88. The average Bonchev–Trinajstić information content (AvgIpc) is 3.07. The summed E-state index contributed by atoms with van der Waals surface area (Å²) < 4.78 is 10.1. The topological polar surface area (TPSA) is 198 Å². The van der Waals surface area contributed by atoms with Gasteiger partial charge in [0.2, 0.25) is 6.41 Å². The highest BCUT2D eigenvalue weighted by atomic mass is 16.6. The van der Waals surface area contributed by atoms with Gasteiger partial charge in [-0.3, -0.25) is 20.0 Å². The van der Waals surface area contributed by atoms with Crippen LogP contribution in [0.3, 0.4) is 0 Å². The fourth-order valence-corrected chi connectivity index (χ4v) is 4.19. The molecule has 0 bridgehead atoms. The number of aromatic nitrogens is 2. The van der Waals surface area contributed by atoms with E-state index in [0.717, 1.165) is 16.7 Å². The molecule has 0 spiro atoms. The summed E-state index contributed by atoms with van der Waals surface area (Å²) in [6.45, 7) is 12.1. The zero-order valence-electron chi connectivity index (χ0n) is 30.0. The van der Waals surface area contributed by atoms with E-state index in [-0.39, 0.29) is 13.0 Å². The van der Waals surface area contributed by atoms with Crippen LogP contribution in [-0.2, 0) is 19.1 Å². The molecule has 2 heterocycles. The van der Waals surface area contributed by atoms with Crippen molar-refractivity contribution in [3.05, 3.63) is 95.3 Å². The zero-order chi connectivity index (χ0) is 38.5. The van der Waals surface area contributed by atoms with Crippen LogP contribution in [0.15, 0.2) is 73.1 Å². The van der Waals surface area contributed by atoms with Gasteiger partial charge in [-0.05, 0) is 84.9 Å². The van der Waals surface area contributed by atoms with Crippen molar-refractivity contribution in [2.24, 2.45) is 0 Å². The minimum Gasteiger partial charge on any atom is -0.480 e. The van der Waals surface area contributed by atoms with E-state index in [2.05, 4.69) is 33.0 Å². The molecule has 0 radical (unpaired) electrons. The van der Waals surface area contributed by atoms with Gasteiger partial charge in [-0.2, -0.15) is 0 Å². The highest BCUT2D eigenvalue weighted by molar-refractivity contribution is 6.07. The van der Waals surface area contributed by atoms with Gasteiger partial charge in [0.05, 0.1) is 23.3 Å². The Labute approximate surface area is 301 Å². The van der Waals surface area contributed by atoms with E-state index in [0.29, 0.717) is 22.2 Å². The molecule has 1 unspecified atom stereocenters. The summed E-state index contributed by atoms with van der Waals surface area (Å²) in [5.41, 5.74) is 8.70. The molecular formula is C38H42N6O8. The third-order valence-corrected chi connectivity index (χ3v) is 6.53. The second-order valence-corrected chi connectivity index (χ2v) is 13.3. The monoisotopic (exact) mass is 710 g/mol. The number of carboxylic acid groups (broad SMARTS) is 1. The largest absolute Gasteiger partial charge is 0.480 e. The number of hydrogen-bond acceptors (Lipinski definition) is 9. The summed E-state index contributed by atoms with van der Waals surface area (Å²) in [6, 6.07) is 18.0. The summed E-state index contributed by atoms with van der Waals surface area (Å²) in [5.74, 6) is 4.59. The fraction of sp³-hybridized carbons (Fsp3) is 0.289. The van der Waals surface area contributed by atoms with Gasteiger partial charge in [0, 0.05) is 34.5 Å². The molecule has 0 aliphatic heterocycles. The molecule has 2 aromatic heterocycles. The van der Waals surface area contributed by atoms with Crippen molar-refractivity contribution in [3.63, 3.8) is 0 Å². The first-order chi connectivity index (χ1) is 24.4. The first-order valence-electron chi connectivity index (χ1n) is 16.1.